The highest BCUT2D eigenvalue weighted by Crippen LogP contribution is 2.22. The van der Waals surface area contributed by atoms with Crippen LogP contribution in [-0.4, -0.2) is 57.3 Å². The summed E-state index contributed by atoms with van der Waals surface area (Å²) in [5.41, 5.74) is 0. The Bertz CT molecular complexity index is 509. The van der Waals surface area contributed by atoms with Gasteiger partial charge in [-0.05, 0) is 18.6 Å². The Morgan fingerprint density at radius 3 is 2.57 bits per heavy atom. The van der Waals surface area contributed by atoms with Gasteiger partial charge in [-0.15, -0.1) is 0 Å². The molecule has 0 aromatic heterocycles. The fourth-order valence-electron chi connectivity index (χ4n) is 1.88. The van der Waals surface area contributed by atoms with Crippen molar-refractivity contribution in [3.05, 3.63) is 29.3 Å². The summed E-state index contributed by atoms with van der Waals surface area (Å²) in [6.45, 7) is 1.15. The molecule has 0 aliphatic rings. The molecule has 7 heteroatoms. The Morgan fingerprint density at radius 2 is 1.91 bits per heavy atom. The number of nitrogens with zero attached hydrogens (tertiary/aromatic N) is 1. The lowest BCUT2D eigenvalue weighted by Gasteiger charge is -2.22. The molecule has 0 bridgehead atoms. The minimum atomic E-state index is -0.360. The number of hydrogen-bond donors (Lipinski definition) is 0. The fraction of sp³-hybridized carbons (Fsp3) is 0.500. The maximum Gasteiger partial charge on any atom is 0.307 e. The smallest absolute Gasteiger partial charge is 0.307 e. The van der Waals surface area contributed by atoms with Crippen LogP contribution in [0.15, 0.2) is 24.3 Å². The van der Waals surface area contributed by atoms with E-state index >= 15 is 0 Å². The van der Waals surface area contributed by atoms with E-state index in [1.54, 1.807) is 36.3 Å². The van der Waals surface area contributed by atoms with E-state index in [0.717, 1.165) is 0 Å². The number of carbonyl (C=O) groups excluding carboxylic acids is 2. The third-order valence-electron chi connectivity index (χ3n) is 3.13. The molecule has 0 heterocycles. The van der Waals surface area contributed by atoms with Crippen LogP contribution in [0.5, 0.6) is 5.75 Å². The van der Waals surface area contributed by atoms with Gasteiger partial charge >= 0.3 is 5.97 Å². The summed E-state index contributed by atoms with van der Waals surface area (Å²) in [4.78, 5) is 25.1. The molecule has 0 atom stereocenters. The highest BCUT2D eigenvalue weighted by molar-refractivity contribution is 6.32. The highest BCUT2D eigenvalue weighted by atomic mass is 35.5. The van der Waals surface area contributed by atoms with Gasteiger partial charge in [-0.25, -0.2) is 0 Å². The number of esters is 1. The molecular weight excluding hydrogens is 322 g/mol. The van der Waals surface area contributed by atoms with Crippen LogP contribution in [0, 0.1) is 0 Å². The second kappa shape index (κ2) is 10.9. The quantitative estimate of drug-likeness (QED) is 0.481. The second-order valence-electron chi connectivity index (χ2n) is 4.77. The first-order valence-electron chi connectivity index (χ1n) is 7.29. The molecule has 0 aliphatic heterocycles. The molecule has 6 nitrogen and oxygen atoms in total. The van der Waals surface area contributed by atoms with Crippen LogP contribution in [0.4, 0.5) is 0 Å². The van der Waals surface area contributed by atoms with Crippen LogP contribution >= 0.6 is 11.6 Å². The predicted octanol–water partition coefficient (Wildman–Crippen LogP) is 2.15. The van der Waals surface area contributed by atoms with Crippen molar-refractivity contribution in [2.24, 2.45) is 0 Å². The number of carbonyl (C=O) groups is 2. The van der Waals surface area contributed by atoms with E-state index < -0.39 is 0 Å². The molecule has 0 saturated carbocycles. The Kier molecular flexibility index (Phi) is 9.09. The van der Waals surface area contributed by atoms with Crippen LogP contribution in [0.3, 0.4) is 0 Å². The van der Waals surface area contributed by atoms with E-state index in [-0.39, 0.29) is 31.4 Å². The average molecular weight is 344 g/mol. The van der Waals surface area contributed by atoms with Crippen LogP contribution in [0.1, 0.15) is 12.8 Å². The third-order valence-corrected chi connectivity index (χ3v) is 3.44. The van der Waals surface area contributed by atoms with E-state index in [0.29, 0.717) is 30.3 Å². The molecule has 0 radical (unpaired) electrons. The Morgan fingerprint density at radius 1 is 1.17 bits per heavy atom. The topological polar surface area (TPSA) is 65.1 Å². The molecule has 128 valence electrons. The van der Waals surface area contributed by atoms with Gasteiger partial charge in [0.2, 0.25) is 0 Å². The zero-order valence-corrected chi connectivity index (χ0v) is 14.2. The molecule has 23 heavy (non-hydrogen) atoms. The van der Waals surface area contributed by atoms with E-state index in [1.165, 1.54) is 7.11 Å². The number of methoxy groups -OCH3 is 2. The number of amides is 1. The van der Waals surface area contributed by atoms with E-state index in [2.05, 4.69) is 4.74 Å². The summed E-state index contributed by atoms with van der Waals surface area (Å²) in [6.07, 6.45) is 0.816. The normalized spacial score (nSPS) is 10.2. The largest absolute Gasteiger partial charge is 0.482 e. The first kappa shape index (κ1) is 19.3. The Hall–Kier alpha value is -1.79. The SMILES string of the molecule is COCCCN(CCC(=O)OC)C(=O)COc1ccccc1Cl. The van der Waals surface area contributed by atoms with Gasteiger partial charge in [0.05, 0.1) is 18.6 Å². The van der Waals surface area contributed by atoms with Gasteiger partial charge in [-0.2, -0.15) is 0 Å². The molecular formula is C16H22ClNO5. The van der Waals surface area contributed by atoms with Crippen LogP contribution < -0.4 is 4.74 Å². The van der Waals surface area contributed by atoms with Crippen molar-refractivity contribution in [2.45, 2.75) is 12.8 Å². The van der Waals surface area contributed by atoms with Gasteiger partial charge in [-0.3, -0.25) is 9.59 Å². The van der Waals surface area contributed by atoms with Crippen molar-refractivity contribution in [3.63, 3.8) is 0 Å². The summed E-state index contributed by atoms with van der Waals surface area (Å²) >= 11 is 5.98. The van der Waals surface area contributed by atoms with E-state index in [9.17, 15) is 9.59 Å². The van der Waals surface area contributed by atoms with Crippen LogP contribution in [0.2, 0.25) is 5.02 Å². The molecule has 0 fully saturated rings. The van der Waals surface area contributed by atoms with Crippen LogP contribution in [0.25, 0.3) is 0 Å². The van der Waals surface area contributed by atoms with E-state index in [4.69, 9.17) is 21.1 Å². The lowest BCUT2D eigenvalue weighted by molar-refractivity contribution is -0.142. The van der Waals surface area contributed by atoms with Gasteiger partial charge in [-0.1, -0.05) is 23.7 Å². The molecule has 0 saturated heterocycles. The summed E-state index contributed by atoms with van der Waals surface area (Å²) < 4.78 is 15.0. The molecule has 1 aromatic carbocycles. The van der Waals surface area contributed by atoms with Crippen molar-refractivity contribution in [2.75, 3.05) is 40.5 Å². The average Bonchev–Trinajstić information content (AvgIpc) is 2.56. The monoisotopic (exact) mass is 343 g/mol. The minimum absolute atomic E-state index is 0.140. The molecule has 0 unspecified atom stereocenters. The van der Waals surface area contributed by atoms with Crippen LogP contribution in [-0.2, 0) is 19.1 Å². The lowest BCUT2D eigenvalue weighted by atomic mass is 10.3. The zero-order valence-electron chi connectivity index (χ0n) is 13.4. The van der Waals surface area contributed by atoms with Crippen molar-refractivity contribution in [1.82, 2.24) is 4.90 Å². The van der Waals surface area contributed by atoms with Crippen molar-refractivity contribution < 1.29 is 23.8 Å². The molecule has 1 aromatic rings. The number of benzene rings is 1. The molecule has 1 rings (SSSR count). The maximum absolute atomic E-state index is 12.3. The first-order chi connectivity index (χ1) is 11.1. The lowest BCUT2D eigenvalue weighted by Crippen LogP contribution is -2.37. The van der Waals surface area contributed by atoms with Gasteiger partial charge < -0.3 is 19.1 Å². The van der Waals surface area contributed by atoms with Crippen molar-refractivity contribution >= 4 is 23.5 Å². The Labute approximate surface area is 141 Å². The number of ether oxygens (including phenoxy) is 3. The molecule has 0 N–H and O–H groups in total. The molecule has 0 aliphatic carbocycles. The van der Waals surface area contributed by atoms with Gasteiger partial charge in [0.1, 0.15) is 5.75 Å². The first-order valence-corrected chi connectivity index (χ1v) is 7.67. The molecule has 1 amide bonds. The summed E-state index contributed by atoms with van der Waals surface area (Å²) in [5, 5.41) is 0.445. The second-order valence-corrected chi connectivity index (χ2v) is 5.18. The van der Waals surface area contributed by atoms with Gasteiger partial charge in [0.25, 0.3) is 5.91 Å². The highest BCUT2D eigenvalue weighted by Gasteiger charge is 2.16. The number of halogens is 1. The standard InChI is InChI=1S/C16H22ClNO5/c1-21-11-5-9-18(10-8-16(20)22-2)15(19)12-23-14-7-4-3-6-13(14)17/h3-4,6-7H,5,8-12H2,1-2H3. The number of para-hydroxylation sites is 1. The summed E-state index contributed by atoms with van der Waals surface area (Å²) in [5.74, 6) is -0.126. The fourth-order valence-corrected chi connectivity index (χ4v) is 2.07. The van der Waals surface area contributed by atoms with E-state index in [1.807, 2.05) is 0 Å². The van der Waals surface area contributed by atoms with Gasteiger partial charge in [0, 0.05) is 26.8 Å². The van der Waals surface area contributed by atoms with Crippen molar-refractivity contribution in [3.8, 4) is 5.75 Å². The molecule has 0 spiro atoms. The van der Waals surface area contributed by atoms with Gasteiger partial charge in [0.15, 0.2) is 6.61 Å². The maximum atomic E-state index is 12.3. The zero-order chi connectivity index (χ0) is 17.1. The minimum Gasteiger partial charge on any atom is -0.482 e. The van der Waals surface area contributed by atoms with Crippen molar-refractivity contribution in [1.29, 1.82) is 0 Å². The number of hydrogen-bond acceptors (Lipinski definition) is 5. The summed E-state index contributed by atoms with van der Waals surface area (Å²) in [6, 6.07) is 6.94. The number of rotatable bonds is 10. The third kappa shape index (κ3) is 7.34. The summed E-state index contributed by atoms with van der Waals surface area (Å²) in [7, 11) is 2.92. The predicted molar refractivity (Wildman–Crippen MR) is 86.7 cm³/mol. The Balaban J connectivity index is 2.55.